The maximum absolute atomic E-state index is 9.87. The SMILES string of the molecule is [2H]c1c([2H])c([2H])c2c(c1[2H])c1c([2H])c([2H])c([2H])c([2H])c1n2-c1ccc2c(c1)N(c1ccc(C(C)(C)C)cc1-c1ccc(C(C)(C)C)cc1)c1cc(C(C)(C)C)cc3c1B2c1cc2c4ccccc4c4ccccc4c4cccc5c6ccccc6n(c2cc1N3c1ccc(C(C)(C)C)cc1-c1ccc(C(C)(C)C)cc1)c45. The molecule has 2 aliphatic rings. The molecule has 0 amide bonds. The first-order valence-corrected chi connectivity index (χ1v) is 36.4. The van der Waals surface area contributed by atoms with Crippen molar-refractivity contribution in [3.8, 4) is 27.9 Å². The standard InChI is InChI=1S/C98H89BN4/c1-94(2,3)62-43-39-60(40-44-62)77-53-64(96(7,8)9)47-51-85(77)101-88-57-67(100-82-36-23-20-31-72(82)73-32-21-24-37-83(73)100)49-50-80(88)99-81-58-79-71-30-19-17-28-69(71)68-27-16-18-29-70(68)75-34-26-35-76-74-33-22-25-38-84(74)103(93(75)76)87(79)59-89(81)102(91-56-66(98(13,14)15)55-90(101)92(91)99)86-52-48-65(97(10,11)12)54-78(86)61-41-45-63(46-42-61)95(4,5)6/h16-59H,1-15H3/i20D,21D,23D,24D,31D,32D,36D,37D. The first kappa shape index (κ1) is 55.8. The van der Waals surface area contributed by atoms with Crippen molar-refractivity contribution >= 4 is 139 Å². The highest BCUT2D eigenvalue weighted by atomic mass is 15.2. The molecule has 2 aliphatic heterocycles. The summed E-state index contributed by atoms with van der Waals surface area (Å²) in [6, 6.07) is 78.5. The second-order valence-corrected chi connectivity index (χ2v) is 34.0. The molecule has 0 aliphatic carbocycles. The highest BCUT2D eigenvalue weighted by Crippen LogP contribution is 2.53. The molecule has 0 N–H and O–H groups in total. The van der Waals surface area contributed by atoms with Crippen LogP contribution in [0.1, 0.15) is 143 Å². The Bertz CT molecular complexity index is 6690. The van der Waals surface area contributed by atoms with Crippen LogP contribution in [0.15, 0.2) is 267 Å². The van der Waals surface area contributed by atoms with E-state index >= 15 is 0 Å². The molecule has 4 nitrogen and oxygen atoms in total. The number of fused-ring (bicyclic) bond motifs is 17. The summed E-state index contributed by atoms with van der Waals surface area (Å²) in [4.78, 5) is 5.05. The molecule has 0 radical (unpaired) electrons. The smallest absolute Gasteiger partial charge is 0.252 e. The van der Waals surface area contributed by atoms with Gasteiger partial charge in [-0.15, -0.1) is 0 Å². The fourth-order valence-corrected chi connectivity index (χ4v) is 16.7. The number of hydrogen-bond acceptors (Lipinski definition) is 2. The predicted octanol–water partition coefficient (Wildman–Crippen LogP) is 25.3. The van der Waals surface area contributed by atoms with E-state index in [0.717, 1.165) is 144 Å². The normalized spacial score (nSPS) is 14.6. The van der Waals surface area contributed by atoms with E-state index < -0.39 is 36.3 Å². The van der Waals surface area contributed by atoms with Crippen LogP contribution in [0.25, 0.3) is 109 Å². The molecule has 0 spiro atoms. The Balaban J connectivity index is 1.07. The topological polar surface area (TPSA) is 15.8 Å². The monoisotopic (exact) mass is 1340 g/mol. The highest BCUT2D eigenvalue weighted by molar-refractivity contribution is 7.00. The summed E-state index contributed by atoms with van der Waals surface area (Å²) in [5.74, 6) is 0. The molecule has 0 saturated heterocycles. The molecular weight excluding hydrogens is 1240 g/mol. The molecule has 13 aromatic carbocycles. The number of rotatable bonds is 5. The average Bonchev–Trinajstić information content (AvgIpc) is 1.56. The van der Waals surface area contributed by atoms with Gasteiger partial charge in [-0.1, -0.05) is 298 Å². The zero-order chi connectivity index (χ0) is 78.1. The fourth-order valence-electron chi connectivity index (χ4n) is 16.7. The molecule has 0 unspecified atom stereocenters. The van der Waals surface area contributed by atoms with Gasteiger partial charge in [0.05, 0.1) is 49.9 Å². The van der Waals surface area contributed by atoms with Crippen LogP contribution >= 0.6 is 0 Å². The van der Waals surface area contributed by atoms with Crippen LogP contribution < -0.4 is 26.2 Å². The van der Waals surface area contributed by atoms with Gasteiger partial charge in [0.2, 0.25) is 0 Å². The second kappa shape index (κ2) is 22.8. The number of nitrogens with zero attached hydrogens (tertiary/aromatic N) is 4. The van der Waals surface area contributed by atoms with Crippen LogP contribution in [-0.4, -0.2) is 15.7 Å². The Kier molecular flexibility index (Phi) is 12.4. The van der Waals surface area contributed by atoms with E-state index in [4.69, 9.17) is 2.74 Å². The Morgan fingerprint density at radius 1 is 0.282 bits per heavy atom. The van der Waals surface area contributed by atoms with Gasteiger partial charge in [0.25, 0.3) is 6.71 Å². The molecule has 0 saturated carbocycles. The summed E-state index contributed by atoms with van der Waals surface area (Å²) in [6.45, 7) is 33.6. The zero-order valence-electron chi connectivity index (χ0n) is 69.7. The van der Waals surface area contributed by atoms with E-state index in [9.17, 15) is 8.22 Å². The number of anilines is 6. The molecular formula is C98H89BN4. The molecule has 16 aromatic rings. The molecule has 0 bridgehead atoms. The Morgan fingerprint density at radius 2 is 0.699 bits per heavy atom. The Hall–Kier alpha value is -10.9. The zero-order valence-corrected chi connectivity index (χ0v) is 61.7. The van der Waals surface area contributed by atoms with Crippen LogP contribution in [0.3, 0.4) is 0 Å². The van der Waals surface area contributed by atoms with Gasteiger partial charge in [0.1, 0.15) is 0 Å². The third-order valence-corrected chi connectivity index (χ3v) is 22.3. The van der Waals surface area contributed by atoms with Crippen molar-refractivity contribution in [1.82, 2.24) is 8.97 Å². The van der Waals surface area contributed by atoms with E-state index in [0.29, 0.717) is 5.69 Å². The van der Waals surface area contributed by atoms with Crippen molar-refractivity contribution in [2.45, 2.75) is 131 Å². The van der Waals surface area contributed by atoms with Crippen LogP contribution in [0.5, 0.6) is 0 Å². The van der Waals surface area contributed by atoms with Crippen LogP contribution in [-0.2, 0) is 27.1 Å². The summed E-state index contributed by atoms with van der Waals surface area (Å²) in [5, 5.41) is 8.96. The van der Waals surface area contributed by atoms with Crippen LogP contribution in [0, 0.1) is 0 Å². The van der Waals surface area contributed by atoms with Gasteiger partial charge in [-0.2, -0.15) is 0 Å². The highest BCUT2D eigenvalue weighted by Gasteiger charge is 2.46. The van der Waals surface area contributed by atoms with E-state index in [1.54, 1.807) is 4.57 Å². The molecule has 3 aromatic heterocycles. The van der Waals surface area contributed by atoms with Crippen molar-refractivity contribution in [2.75, 3.05) is 9.80 Å². The molecule has 504 valence electrons. The van der Waals surface area contributed by atoms with Gasteiger partial charge in [-0.05, 0) is 177 Å². The van der Waals surface area contributed by atoms with Gasteiger partial charge in [0.15, 0.2) is 0 Å². The van der Waals surface area contributed by atoms with Gasteiger partial charge >= 0.3 is 0 Å². The number of benzene rings is 13. The maximum Gasteiger partial charge on any atom is 0.252 e. The van der Waals surface area contributed by atoms with E-state index in [2.05, 4.69) is 330 Å². The first-order valence-electron chi connectivity index (χ1n) is 40.4. The average molecular weight is 1340 g/mol. The first-order chi connectivity index (χ1) is 52.6. The molecule has 18 rings (SSSR count). The predicted molar refractivity (Wildman–Crippen MR) is 446 cm³/mol. The minimum atomic E-state index is -0.513. The molecule has 0 atom stereocenters. The molecule has 5 heterocycles. The summed E-state index contributed by atoms with van der Waals surface area (Å²) in [6.07, 6.45) is 0. The largest absolute Gasteiger partial charge is 0.311 e. The van der Waals surface area contributed by atoms with Crippen molar-refractivity contribution in [3.63, 3.8) is 0 Å². The minimum absolute atomic E-state index is 0.0213. The van der Waals surface area contributed by atoms with E-state index in [1.165, 1.54) is 16.7 Å². The lowest BCUT2D eigenvalue weighted by atomic mass is 9.33. The summed E-state index contributed by atoms with van der Waals surface area (Å²) >= 11 is 0. The quantitative estimate of drug-likeness (QED) is 0.160. The lowest BCUT2D eigenvalue weighted by Gasteiger charge is -2.46. The third kappa shape index (κ3) is 10.1. The minimum Gasteiger partial charge on any atom is -0.311 e. The van der Waals surface area contributed by atoms with Gasteiger partial charge in [-0.25, -0.2) is 0 Å². The number of aromatic nitrogens is 2. The molecule has 0 fully saturated rings. The summed E-state index contributed by atoms with van der Waals surface area (Å²) in [7, 11) is 0. The van der Waals surface area contributed by atoms with Crippen molar-refractivity contribution in [3.05, 3.63) is 295 Å². The molecule has 103 heavy (non-hydrogen) atoms. The maximum atomic E-state index is 9.87. The fraction of sp³-hybridized carbons (Fsp3) is 0.204. The van der Waals surface area contributed by atoms with Crippen LogP contribution in [0.2, 0.25) is 0 Å². The van der Waals surface area contributed by atoms with Crippen molar-refractivity contribution < 1.29 is 11.0 Å². The van der Waals surface area contributed by atoms with Gasteiger partial charge in [-0.3, -0.25) is 0 Å². The third-order valence-electron chi connectivity index (χ3n) is 22.3. The second-order valence-electron chi connectivity index (χ2n) is 34.0. The van der Waals surface area contributed by atoms with E-state index in [-0.39, 0.29) is 67.6 Å². The van der Waals surface area contributed by atoms with Gasteiger partial charge in [0, 0.05) is 71.9 Å². The Morgan fingerprint density at radius 3 is 1.19 bits per heavy atom. The van der Waals surface area contributed by atoms with Gasteiger partial charge < -0.3 is 18.8 Å². The lowest BCUT2D eigenvalue weighted by Crippen LogP contribution is -2.61. The number of hydrogen-bond donors (Lipinski definition) is 0. The Labute approximate surface area is 618 Å². The summed E-state index contributed by atoms with van der Waals surface area (Å²) in [5.41, 5.74) is 21.4. The van der Waals surface area contributed by atoms with Crippen LogP contribution in [0.4, 0.5) is 34.1 Å². The van der Waals surface area contributed by atoms with Crippen molar-refractivity contribution in [1.29, 1.82) is 0 Å². The lowest BCUT2D eigenvalue weighted by molar-refractivity contribution is 0.589. The number of para-hydroxylation sites is 4. The van der Waals surface area contributed by atoms with E-state index in [1.807, 2.05) is 6.07 Å². The van der Waals surface area contributed by atoms with Crippen molar-refractivity contribution in [2.24, 2.45) is 0 Å². The molecule has 5 heteroatoms. The summed E-state index contributed by atoms with van der Waals surface area (Å²) < 4.78 is 80.0.